The third kappa shape index (κ3) is 25.2. The summed E-state index contributed by atoms with van der Waals surface area (Å²) in [6.45, 7) is 14.6. The van der Waals surface area contributed by atoms with Gasteiger partial charge in [0.25, 0.3) is 0 Å². The molecule has 8 nitrogen and oxygen atoms in total. The van der Waals surface area contributed by atoms with Crippen molar-refractivity contribution in [1.29, 1.82) is 0 Å². The lowest BCUT2D eigenvalue weighted by atomic mass is 10.0. The summed E-state index contributed by atoms with van der Waals surface area (Å²) < 4.78 is 21.9. The van der Waals surface area contributed by atoms with Crippen molar-refractivity contribution in [2.24, 2.45) is 11.8 Å². The standard InChI is InChI=1S/C28H46O4.C24H38O4/c1-3-5-7-9-11-13-15-19-23-31-27(29)25-21-17-18-22-26(25)28(30)32-24-20-16-14-12-10-8-6-4-2;1-5-9-13-19(7-3)17-27-23(25)21-15-11-12-16-22(21)24(26)28-18-20(8-4)14-10-6-2/h17-18,21-22H,3-16,19-20,23-24H2,1-2H3;11-12,15-16,19-20H,5-10,13-14,17-18H2,1-4H3. The highest BCUT2D eigenvalue weighted by molar-refractivity contribution is 6.03. The Labute approximate surface area is 365 Å². The van der Waals surface area contributed by atoms with Gasteiger partial charge < -0.3 is 18.9 Å². The fourth-order valence-electron chi connectivity index (χ4n) is 6.97. The van der Waals surface area contributed by atoms with E-state index in [1.165, 1.54) is 77.0 Å². The molecule has 0 aliphatic heterocycles. The third-order valence-corrected chi connectivity index (χ3v) is 11.2. The maximum Gasteiger partial charge on any atom is 0.339 e. The topological polar surface area (TPSA) is 105 Å². The van der Waals surface area contributed by atoms with Crippen LogP contribution in [0.1, 0.15) is 237 Å². The first-order valence-electron chi connectivity index (χ1n) is 24.1. The van der Waals surface area contributed by atoms with Gasteiger partial charge in [0, 0.05) is 0 Å². The highest BCUT2D eigenvalue weighted by Crippen LogP contribution is 2.19. The number of ether oxygens (including phenoxy) is 4. The molecule has 8 heteroatoms. The molecule has 0 aliphatic rings. The molecule has 60 heavy (non-hydrogen) atoms. The van der Waals surface area contributed by atoms with Gasteiger partial charge in [-0.3, -0.25) is 0 Å². The van der Waals surface area contributed by atoms with Gasteiger partial charge in [-0.15, -0.1) is 0 Å². The van der Waals surface area contributed by atoms with Crippen molar-refractivity contribution in [3.05, 3.63) is 70.8 Å². The number of hydrogen-bond donors (Lipinski definition) is 0. The summed E-state index contributed by atoms with van der Waals surface area (Å²) >= 11 is 0. The highest BCUT2D eigenvalue weighted by atomic mass is 16.5. The van der Waals surface area contributed by atoms with E-state index >= 15 is 0 Å². The molecule has 0 fully saturated rings. The van der Waals surface area contributed by atoms with Crippen LogP contribution in [-0.2, 0) is 18.9 Å². The summed E-state index contributed by atoms with van der Waals surface area (Å²) in [5, 5.41) is 0. The number of carbonyl (C=O) groups is 4. The SMILES string of the molecule is CCCCC(CC)COC(=O)c1ccccc1C(=O)OCC(CC)CCCC.CCCCCCCCCCOC(=O)c1ccccc1C(=O)OCCCCCCCCCC. The zero-order chi connectivity index (χ0) is 44.1. The molecule has 2 atom stereocenters. The van der Waals surface area contributed by atoms with E-state index in [-0.39, 0.29) is 0 Å². The van der Waals surface area contributed by atoms with E-state index in [0.717, 1.165) is 77.0 Å². The fraction of sp³-hybridized carbons (Fsp3) is 0.692. The van der Waals surface area contributed by atoms with Crippen LogP contribution < -0.4 is 0 Å². The molecule has 0 radical (unpaired) electrons. The van der Waals surface area contributed by atoms with Crippen LogP contribution in [0.4, 0.5) is 0 Å². The van der Waals surface area contributed by atoms with Gasteiger partial charge in [-0.2, -0.15) is 0 Å². The first-order chi connectivity index (χ1) is 29.3. The van der Waals surface area contributed by atoms with E-state index in [1.807, 2.05) is 0 Å². The Morgan fingerprint density at radius 1 is 0.367 bits per heavy atom. The van der Waals surface area contributed by atoms with Crippen molar-refractivity contribution in [3.63, 3.8) is 0 Å². The van der Waals surface area contributed by atoms with Crippen molar-refractivity contribution >= 4 is 23.9 Å². The van der Waals surface area contributed by atoms with E-state index in [2.05, 4.69) is 41.5 Å². The minimum atomic E-state index is -0.444. The summed E-state index contributed by atoms with van der Waals surface area (Å²) in [6.07, 6.45) is 27.7. The second kappa shape index (κ2) is 37.1. The van der Waals surface area contributed by atoms with Gasteiger partial charge in [0.05, 0.1) is 48.7 Å². The molecule has 0 heterocycles. The first kappa shape index (κ1) is 54.3. The third-order valence-electron chi connectivity index (χ3n) is 11.2. The van der Waals surface area contributed by atoms with Crippen molar-refractivity contribution in [2.45, 2.75) is 196 Å². The van der Waals surface area contributed by atoms with Gasteiger partial charge in [0.2, 0.25) is 0 Å². The summed E-state index contributed by atoms with van der Waals surface area (Å²) in [4.78, 5) is 50.1. The summed E-state index contributed by atoms with van der Waals surface area (Å²) in [5.74, 6) is -1.03. The van der Waals surface area contributed by atoms with Crippen molar-refractivity contribution in [3.8, 4) is 0 Å². The van der Waals surface area contributed by atoms with Crippen LogP contribution in [0, 0.1) is 11.8 Å². The lowest BCUT2D eigenvalue weighted by Gasteiger charge is -2.17. The Morgan fingerprint density at radius 3 is 0.917 bits per heavy atom. The molecule has 0 N–H and O–H groups in total. The number of rotatable bonds is 34. The Kier molecular flexibility index (Phi) is 33.6. The Hall–Kier alpha value is -3.68. The van der Waals surface area contributed by atoms with Crippen molar-refractivity contribution in [2.75, 3.05) is 26.4 Å². The molecule has 340 valence electrons. The Balaban J connectivity index is 0.000000605. The normalized spacial score (nSPS) is 11.8. The minimum Gasteiger partial charge on any atom is -0.462 e. The molecule has 0 saturated heterocycles. The Bertz CT molecular complexity index is 1300. The maximum atomic E-state index is 12.6. The molecular weight excluding hydrogens is 753 g/mol. The largest absolute Gasteiger partial charge is 0.462 e. The first-order valence-corrected chi connectivity index (χ1v) is 24.1. The number of esters is 4. The van der Waals surface area contributed by atoms with E-state index < -0.39 is 23.9 Å². The van der Waals surface area contributed by atoms with Crippen LogP contribution in [0.15, 0.2) is 48.5 Å². The summed E-state index contributed by atoms with van der Waals surface area (Å²) in [6, 6.07) is 13.6. The molecule has 0 amide bonds. The average Bonchev–Trinajstić information content (AvgIpc) is 3.27. The second-order valence-corrected chi connectivity index (χ2v) is 16.3. The molecule has 0 aliphatic carbocycles. The smallest absolute Gasteiger partial charge is 0.339 e. The molecule has 0 bridgehead atoms. The van der Waals surface area contributed by atoms with Crippen LogP contribution >= 0.6 is 0 Å². The minimum absolute atomic E-state index is 0.291. The molecule has 0 spiro atoms. The highest BCUT2D eigenvalue weighted by Gasteiger charge is 2.22. The predicted octanol–water partition coefficient (Wildman–Crippen LogP) is 14.7. The van der Waals surface area contributed by atoms with E-state index in [9.17, 15) is 19.2 Å². The number of benzene rings is 2. The molecule has 2 rings (SSSR count). The van der Waals surface area contributed by atoms with Gasteiger partial charge in [-0.25, -0.2) is 19.2 Å². The number of carbonyl (C=O) groups excluding carboxylic acids is 4. The van der Waals surface area contributed by atoms with Gasteiger partial charge in [0.15, 0.2) is 0 Å². The predicted molar refractivity (Wildman–Crippen MR) is 246 cm³/mol. The monoisotopic (exact) mass is 837 g/mol. The number of hydrogen-bond acceptors (Lipinski definition) is 8. The zero-order valence-corrected chi connectivity index (χ0v) is 38.8. The fourth-order valence-corrected chi connectivity index (χ4v) is 6.97. The van der Waals surface area contributed by atoms with Crippen LogP contribution in [-0.4, -0.2) is 50.3 Å². The lowest BCUT2D eigenvalue weighted by molar-refractivity contribution is 0.0381. The van der Waals surface area contributed by atoms with Gasteiger partial charge >= 0.3 is 23.9 Å². The number of unbranched alkanes of at least 4 members (excludes halogenated alkanes) is 16. The van der Waals surface area contributed by atoms with Gasteiger partial charge in [-0.1, -0.05) is 194 Å². The maximum absolute atomic E-state index is 12.6. The lowest BCUT2D eigenvalue weighted by Crippen LogP contribution is -2.19. The summed E-state index contributed by atoms with van der Waals surface area (Å²) in [5.41, 5.74) is 1.18. The van der Waals surface area contributed by atoms with Gasteiger partial charge in [-0.05, 0) is 61.8 Å². The van der Waals surface area contributed by atoms with Crippen LogP contribution in [0.25, 0.3) is 0 Å². The Morgan fingerprint density at radius 2 is 0.633 bits per heavy atom. The molecule has 2 unspecified atom stereocenters. The van der Waals surface area contributed by atoms with E-state index in [1.54, 1.807) is 48.5 Å². The van der Waals surface area contributed by atoms with Crippen molar-refractivity contribution < 1.29 is 38.1 Å². The van der Waals surface area contributed by atoms with Crippen molar-refractivity contribution in [1.82, 2.24) is 0 Å². The van der Waals surface area contributed by atoms with Gasteiger partial charge in [0.1, 0.15) is 0 Å². The summed E-state index contributed by atoms with van der Waals surface area (Å²) in [7, 11) is 0. The quantitative estimate of drug-likeness (QED) is 0.0390. The molecule has 2 aromatic carbocycles. The van der Waals surface area contributed by atoms with Crippen LogP contribution in [0.5, 0.6) is 0 Å². The zero-order valence-electron chi connectivity index (χ0n) is 38.8. The van der Waals surface area contributed by atoms with Crippen LogP contribution in [0.3, 0.4) is 0 Å². The average molecular weight is 837 g/mol. The molecule has 0 saturated carbocycles. The molecule has 2 aromatic rings. The second-order valence-electron chi connectivity index (χ2n) is 16.3. The van der Waals surface area contributed by atoms with Crippen LogP contribution in [0.2, 0.25) is 0 Å². The molecule has 0 aromatic heterocycles. The molecular formula is C52H84O8. The van der Waals surface area contributed by atoms with E-state index in [4.69, 9.17) is 18.9 Å². The van der Waals surface area contributed by atoms with E-state index in [0.29, 0.717) is 60.5 Å².